The van der Waals surface area contributed by atoms with Crippen LogP contribution in [0.4, 0.5) is 0 Å². The molecule has 2 aromatic rings. The number of hydrogen-bond donors (Lipinski definition) is 0. The molecule has 25 heavy (non-hydrogen) atoms. The van der Waals surface area contributed by atoms with Gasteiger partial charge in [-0.25, -0.2) is 0 Å². The Morgan fingerprint density at radius 1 is 1.04 bits per heavy atom. The Morgan fingerprint density at radius 2 is 1.76 bits per heavy atom. The minimum absolute atomic E-state index is 0.00482. The summed E-state index contributed by atoms with van der Waals surface area (Å²) in [5, 5.41) is 0. The number of carbonyl (C=O) groups is 2. The largest absolute Gasteiger partial charge is 0.466 e. The van der Waals surface area contributed by atoms with Gasteiger partial charge in [-0.15, -0.1) is 0 Å². The normalized spacial score (nSPS) is 18.7. The second kappa shape index (κ2) is 7.47. The summed E-state index contributed by atoms with van der Waals surface area (Å²) in [6.07, 6.45) is 5.32. The van der Waals surface area contributed by atoms with Crippen molar-refractivity contribution in [2.45, 2.75) is 31.6 Å². The van der Waals surface area contributed by atoms with Gasteiger partial charge in [0.25, 0.3) is 0 Å². The van der Waals surface area contributed by atoms with E-state index in [1.54, 1.807) is 6.08 Å². The van der Waals surface area contributed by atoms with Crippen LogP contribution in [0, 0.1) is 0 Å². The van der Waals surface area contributed by atoms with E-state index in [0.29, 0.717) is 12.2 Å². The van der Waals surface area contributed by atoms with Crippen molar-refractivity contribution < 1.29 is 14.3 Å². The third kappa shape index (κ3) is 3.71. The predicted molar refractivity (Wildman–Crippen MR) is 97.6 cm³/mol. The summed E-state index contributed by atoms with van der Waals surface area (Å²) in [4.78, 5) is 24.5. The van der Waals surface area contributed by atoms with Gasteiger partial charge in [-0.1, -0.05) is 60.7 Å². The molecule has 0 aromatic heterocycles. The number of benzene rings is 2. The molecule has 0 saturated heterocycles. The number of allylic oxidation sites excluding steroid dienone is 2. The Hall–Kier alpha value is -2.68. The fraction of sp³-hybridized carbons (Fsp3) is 0.273. The van der Waals surface area contributed by atoms with Crippen LogP contribution in [-0.2, 0) is 21.4 Å². The number of rotatable bonds is 6. The van der Waals surface area contributed by atoms with Gasteiger partial charge >= 0.3 is 5.97 Å². The van der Waals surface area contributed by atoms with E-state index in [-0.39, 0.29) is 18.2 Å². The Morgan fingerprint density at radius 3 is 2.52 bits per heavy atom. The first-order chi connectivity index (χ1) is 12.1. The van der Waals surface area contributed by atoms with E-state index >= 15 is 0 Å². The van der Waals surface area contributed by atoms with Crippen LogP contribution in [0.2, 0.25) is 0 Å². The van der Waals surface area contributed by atoms with Gasteiger partial charge in [0.15, 0.2) is 5.78 Å². The number of hydrogen-bond acceptors (Lipinski definition) is 3. The molecule has 0 N–H and O–H groups in total. The van der Waals surface area contributed by atoms with Crippen LogP contribution in [0.5, 0.6) is 0 Å². The average Bonchev–Trinajstić information content (AvgIpc) is 2.64. The van der Waals surface area contributed by atoms with Gasteiger partial charge in [0, 0.05) is 11.0 Å². The molecule has 1 atom stereocenters. The lowest BCUT2D eigenvalue weighted by atomic mass is 9.68. The molecule has 0 spiro atoms. The van der Waals surface area contributed by atoms with Gasteiger partial charge in [0.1, 0.15) is 0 Å². The van der Waals surface area contributed by atoms with E-state index in [0.717, 1.165) is 18.4 Å². The molecular formula is C22H22O3. The van der Waals surface area contributed by atoms with Gasteiger partial charge in [0.05, 0.1) is 13.0 Å². The van der Waals surface area contributed by atoms with Gasteiger partial charge in [-0.05, 0) is 37.0 Å². The van der Waals surface area contributed by atoms with Crippen LogP contribution in [0.15, 0.2) is 66.7 Å². The van der Waals surface area contributed by atoms with Crippen LogP contribution >= 0.6 is 0 Å². The summed E-state index contributed by atoms with van der Waals surface area (Å²) in [5.41, 5.74) is 2.31. The smallest absolute Gasteiger partial charge is 0.306 e. The molecule has 0 radical (unpaired) electrons. The minimum atomic E-state index is -0.507. The molecule has 3 nitrogen and oxygen atoms in total. The lowest BCUT2D eigenvalue weighted by Gasteiger charge is -2.34. The fourth-order valence-electron chi connectivity index (χ4n) is 3.49. The first kappa shape index (κ1) is 17.2. The average molecular weight is 334 g/mol. The highest BCUT2D eigenvalue weighted by atomic mass is 16.5. The number of esters is 1. The van der Waals surface area contributed by atoms with E-state index in [1.165, 1.54) is 5.56 Å². The van der Waals surface area contributed by atoms with Crippen LogP contribution < -0.4 is 0 Å². The summed E-state index contributed by atoms with van der Waals surface area (Å²) in [5.74, 6) is -0.237. The van der Waals surface area contributed by atoms with E-state index in [2.05, 4.69) is 12.1 Å². The Bertz CT molecular complexity index is 792. The fourth-order valence-corrected chi connectivity index (χ4v) is 3.49. The highest BCUT2D eigenvalue weighted by molar-refractivity contribution is 6.07. The molecule has 0 fully saturated rings. The maximum atomic E-state index is 12.3. The molecule has 0 bridgehead atoms. The molecule has 3 heteroatoms. The van der Waals surface area contributed by atoms with Gasteiger partial charge in [0.2, 0.25) is 0 Å². The summed E-state index contributed by atoms with van der Waals surface area (Å²) in [7, 11) is 0. The molecule has 0 saturated carbocycles. The Kier molecular flexibility index (Phi) is 5.13. The van der Waals surface area contributed by atoms with Crippen molar-refractivity contribution in [2.75, 3.05) is 6.61 Å². The zero-order valence-corrected chi connectivity index (χ0v) is 14.4. The van der Waals surface area contributed by atoms with Gasteiger partial charge in [-0.2, -0.15) is 0 Å². The Balaban J connectivity index is 1.96. The highest BCUT2D eigenvalue weighted by Crippen LogP contribution is 2.40. The van der Waals surface area contributed by atoms with Gasteiger partial charge < -0.3 is 4.74 Å². The molecule has 1 aliphatic rings. The van der Waals surface area contributed by atoms with E-state index < -0.39 is 5.41 Å². The van der Waals surface area contributed by atoms with Crippen LogP contribution in [-0.4, -0.2) is 18.4 Å². The summed E-state index contributed by atoms with van der Waals surface area (Å²) in [6, 6.07) is 17.8. The topological polar surface area (TPSA) is 43.4 Å². The molecular weight excluding hydrogens is 312 g/mol. The SMILES string of the molecule is CCOC(=O)C[C@]1(CCc2ccccc2)C=CC(=O)c2ccccc21. The van der Waals surface area contributed by atoms with Crippen LogP contribution in [0.25, 0.3) is 0 Å². The van der Waals surface area contributed by atoms with Crippen LogP contribution in [0.3, 0.4) is 0 Å². The maximum Gasteiger partial charge on any atom is 0.306 e. The molecule has 128 valence electrons. The molecule has 1 aliphatic carbocycles. The summed E-state index contributed by atoms with van der Waals surface area (Å²) >= 11 is 0. The summed E-state index contributed by atoms with van der Waals surface area (Å²) < 4.78 is 5.21. The van der Waals surface area contributed by atoms with E-state index in [1.807, 2.05) is 55.5 Å². The number of ether oxygens (including phenoxy) is 1. The number of fused-ring (bicyclic) bond motifs is 1. The van der Waals surface area contributed by atoms with Crippen molar-refractivity contribution in [1.82, 2.24) is 0 Å². The van der Waals surface area contributed by atoms with Crippen molar-refractivity contribution in [3.05, 3.63) is 83.4 Å². The van der Waals surface area contributed by atoms with E-state index in [4.69, 9.17) is 4.74 Å². The monoisotopic (exact) mass is 334 g/mol. The molecule has 2 aromatic carbocycles. The van der Waals surface area contributed by atoms with Crippen molar-refractivity contribution in [2.24, 2.45) is 0 Å². The zero-order valence-electron chi connectivity index (χ0n) is 14.4. The Labute approximate surface area is 148 Å². The molecule has 3 rings (SSSR count). The highest BCUT2D eigenvalue weighted by Gasteiger charge is 2.37. The molecule has 0 aliphatic heterocycles. The second-order valence-electron chi connectivity index (χ2n) is 6.37. The number of carbonyl (C=O) groups excluding carboxylic acids is 2. The summed E-state index contributed by atoms with van der Waals surface area (Å²) in [6.45, 7) is 2.17. The second-order valence-corrected chi connectivity index (χ2v) is 6.37. The quantitative estimate of drug-likeness (QED) is 0.741. The molecule has 0 amide bonds. The number of aryl methyl sites for hydroxylation is 1. The predicted octanol–water partition coefficient (Wildman–Crippen LogP) is 4.26. The molecule has 0 heterocycles. The van der Waals surface area contributed by atoms with Crippen molar-refractivity contribution in [1.29, 1.82) is 0 Å². The van der Waals surface area contributed by atoms with Crippen molar-refractivity contribution in [3.63, 3.8) is 0 Å². The van der Waals surface area contributed by atoms with Crippen molar-refractivity contribution in [3.8, 4) is 0 Å². The standard InChI is InChI=1S/C22H22O3/c1-2-25-21(24)16-22(14-12-17-8-4-3-5-9-17)15-13-20(23)18-10-6-7-11-19(18)22/h3-11,13,15H,2,12,14,16H2,1H3/t22-/m0/s1. The third-order valence-electron chi connectivity index (χ3n) is 4.75. The number of ketones is 1. The first-order valence-electron chi connectivity index (χ1n) is 8.67. The lowest BCUT2D eigenvalue weighted by molar-refractivity contribution is -0.144. The first-order valence-corrected chi connectivity index (χ1v) is 8.67. The third-order valence-corrected chi connectivity index (χ3v) is 4.75. The maximum absolute atomic E-state index is 12.3. The molecule has 0 unspecified atom stereocenters. The minimum Gasteiger partial charge on any atom is -0.466 e. The van der Waals surface area contributed by atoms with Gasteiger partial charge in [-0.3, -0.25) is 9.59 Å². The van der Waals surface area contributed by atoms with Crippen LogP contribution in [0.1, 0.15) is 41.3 Å². The zero-order chi connectivity index (χ0) is 17.7. The van der Waals surface area contributed by atoms with E-state index in [9.17, 15) is 9.59 Å². The van der Waals surface area contributed by atoms with Crippen molar-refractivity contribution >= 4 is 11.8 Å². The lowest BCUT2D eigenvalue weighted by Crippen LogP contribution is -2.33.